The quantitative estimate of drug-likeness (QED) is 0.385. The summed E-state index contributed by atoms with van der Waals surface area (Å²) < 4.78 is 17.1. The summed E-state index contributed by atoms with van der Waals surface area (Å²) in [7, 11) is -2.18. The fourth-order valence-corrected chi connectivity index (χ4v) is 3.64. The van der Waals surface area contributed by atoms with Crippen molar-refractivity contribution in [1.29, 1.82) is 0 Å². The summed E-state index contributed by atoms with van der Waals surface area (Å²) in [6.45, 7) is 9.38. The molecule has 0 fully saturated rings. The number of hydrogen-bond acceptors (Lipinski definition) is 3. The van der Waals surface area contributed by atoms with Crippen LogP contribution in [0.25, 0.3) is 0 Å². The SMILES string of the molecule is C=CCOC(=O)CC(C)P(=O)(CC)CC. The van der Waals surface area contributed by atoms with Gasteiger partial charge in [-0.05, 0) is 12.3 Å². The average molecular weight is 232 g/mol. The predicted octanol–water partition coefficient (Wildman–Crippen LogP) is 2.90. The first-order valence-electron chi connectivity index (χ1n) is 5.34. The van der Waals surface area contributed by atoms with Gasteiger partial charge in [-0.2, -0.15) is 0 Å². The van der Waals surface area contributed by atoms with Crippen LogP contribution in [0.1, 0.15) is 27.2 Å². The molecule has 15 heavy (non-hydrogen) atoms. The molecule has 0 saturated carbocycles. The zero-order valence-corrected chi connectivity index (χ0v) is 10.8. The third-order valence-electron chi connectivity index (χ3n) is 2.70. The second-order valence-electron chi connectivity index (χ2n) is 3.61. The smallest absolute Gasteiger partial charge is 0.306 e. The van der Waals surface area contributed by atoms with Crippen LogP contribution in [-0.4, -0.2) is 30.6 Å². The molecule has 0 aliphatic heterocycles. The Balaban J connectivity index is 4.22. The van der Waals surface area contributed by atoms with E-state index in [1.807, 2.05) is 20.8 Å². The Kier molecular flexibility index (Phi) is 6.58. The molecule has 0 aromatic rings. The zero-order chi connectivity index (χ0) is 11.9. The molecule has 0 spiro atoms. The molecule has 0 bridgehead atoms. The lowest BCUT2D eigenvalue weighted by Gasteiger charge is -2.21. The number of esters is 1. The van der Waals surface area contributed by atoms with Crippen LogP contribution in [-0.2, 0) is 14.1 Å². The minimum Gasteiger partial charge on any atom is -0.461 e. The van der Waals surface area contributed by atoms with E-state index in [1.54, 1.807) is 0 Å². The molecule has 0 heterocycles. The third-order valence-corrected chi connectivity index (χ3v) is 6.63. The van der Waals surface area contributed by atoms with Gasteiger partial charge in [-0.1, -0.05) is 33.4 Å². The second-order valence-corrected chi connectivity index (χ2v) is 7.66. The molecule has 1 unspecified atom stereocenters. The van der Waals surface area contributed by atoms with Gasteiger partial charge < -0.3 is 9.30 Å². The van der Waals surface area contributed by atoms with Gasteiger partial charge >= 0.3 is 5.97 Å². The molecule has 0 amide bonds. The lowest BCUT2D eigenvalue weighted by atomic mass is 10.3. The Morgan fingerprint density at radius 1 is 1.47 bits per heavy atom. The Morgan fingerprint density at radius 3 is 2.40 bits per heavy atom. The van der Waals surface area contributed by atoms with E-state index in [9.17, 15) is 9.36 Å². The van der Waals surface area contributed by atoms with E-state index in [2.05, 4.69) is 6.58 Å². The van der Waals surface area contributed by atoms with Gasteiger partial charge in [0.2, 0.25) is 0 Å². The van der Waals surface area contributed by atoms with Crippen molar-refractivity contribution in [3.05, 3.63) is 12.7 Å². The van der Waals surface area contributed by atoms with Crippen LogP contribution in [0.4, 0.5) is 0 Å². The zero-order valence-electron chi connectivity index (χ0n) is 9.86. The minimum absolute atomic E-state index is 0.0789. The highest BCUT2D eigenvalue weighted by Crippen LogP contribution is 2.51. The van der Waals surface area contributed by atoms with Gasteiger partial charge in [0.25, 0.3) is 0 Å². The summed E-state index contributed by atoms with van der Waals surface area (Å²) >= 11 is 0. The lowest BCUT2D eigenvalue weighted by molar-refractivity contribution is -0.142. The molecule has 4 heteroatoms. The monoisotopic (exact) mass is 232 g/mol. The van der Waals surface area contributed by atoms with Gasteiger partial charge in [-0.3, -0.25) is 4.79 Å². The molecule has 0 aliphatic rings. The van der Waals surface area contributed by atoms with E-state index in [1.165, 1.54) is 6.08 Å². The van der Waals surface area contributed by atoms with Crippen LogP contribution in [0.2, 0.25) is 0 Å². The number of rotatable bonds is 7. The van der Waals surface area contributed by atoms with E-state index in [0.29, 0.717) is 12.3 Å². The minimum atomic E-state index is -2.18. The van der Waals surface area contributed by atoms with Gasteiger partial charge in [-0.15, -0.1) is 0 Å². The van der Waals surface area contributed by atoms with Crippen LogP contribution in [0.15, 0.2) is 12.7 Å². The first-order valence-corrected chi connectivity index (χ1v) is 7.49. The molecule has 0 rings (SSSR count). The summed E-state index contributed by atoms with van der Waals surface area (Å²) in [4.78, 5) is 11.3. The van der Waals surface area contributed by atoms with Gasteiger partial charge in [-0.25, -0.2) is 0 Å². The van der Waals surface area contributed by atoms with Gasteiger partial charge in [0, 0.05) is 5.66 Å². The molecule has 0 aromatic carbocycles. The molecular weight excluding hydrogens is 211 g/mol. The molecule has 0 saturated heterocycles. The topological polar surface area (TPSA) is 43.4 Å². The predicted molar refractivity (Wildman–Crippen MR) is 63.9 cm³/mol. The van der Waals surface area contributed by atoms with Crippen molar-refractivity contribution in [3.63, 3.8) is 0 Å². The van der Waals surface area contributed by atoms with Crippen LogP contribution >= 0.6 is 7.14 Å². The van der Waals surface area contributed by atoms with Gasteiger partial charge in [0.1, 0.15) is 6.61 Å². The Hall–Kier alpha value is -0.560. The number of carbonyl (C=O) groups is 1. The average Bonchev–Trinajstić information content (AvgIpc) is 2.24. The summed E-state index contributed by atoms with van der Waals surface area (Å²) in [5.41, 5.74) is -0.0789. The summed E-state index contributed by atoms with van der Waals surface area (Å²) in [5, 5.41) is 0. The maximum atomic E-state index is 12.2. The van der Waals surface area contributed by atoms with Crippen molar-refractivity contribution in [2.24, 2.45) is 0 Å². The number of carbonyl (C=O) groups excluding carboxylic acids is 1. The highest BCUT2D eigenvalue weighted by atomic mass is 31.2. The van der Waals surface area contributed by atoms with Crippen LogP contribution in [0.3, 0.4) is 0 Å². The van der Waals surface area contributed by atoms with E-state index >= 15 is 0 Å². The maximum Gasteiger partial charge on any atom is 0.306 e. The van der Waals surface area contributed by atoms with E-state index in [4.69, 9.17) is 4.74 Å². The Morgan fingerprint density at radius 2 is 2.00 bits per heavy atom. The molecule has 0 N–H and O–H groups in total. The van der Waals surface area contributed by atoms with Crippen LogP contribution in [0.5, 0.6) is 0 Å². The standard InChI is InChI=1S/C11H21O3P/c1-5-8-14-11(12)9-10(4)15(13,6-2)7-3/h5,10H,1,6-9H2,2-4H3. The summed E-state index contributed by atoms with van der Waals surface area (Å²) in [5.74, 6) is -0.287. The third kappa shape index (κ3) is 4.65. The van der Waals surface area contributed by atoms with Crippen molar-refractivity contribution in [1.82, 2.24) is 0 Å². The first kappa shape index (κ1) is 14.4. The van der Waals surface area contributed by atoms with E-state index in [-0.39, 0.29) is 24.7 Å². The van der Waals surface area contributed by atoms with Crippen molar-refractivity contribution in [2.75, 3.05) is 18.9 Å². The number of hydrogen-bond donors (Lipinski definition) is 0. The Labute approximate surface area is 92.3 Å². The molecular formula is C11H21O3P. The van der Waals surface area contributed by atoms with Crippen molar-refractivity contribution >= 4 is 13.1 Å². The summed E-state index contributed by atoms with van der Waals surface area (Å²) in [6.07, 6.45) is 3.08. The largest absolute Gasteiger partial charge is 0.461 e. The van der Waals surface area contributed by atoms with Gasteiger partial charge in [0.05, 0.1) is 13.6 Å². The normalized spacial score (nSPS) is 13.3. The molecule has 1 atom stereocenters. The fraction of sp³-hybridized carbons (Fsp3) is 0.727. The first-order chi connectivity index (χ1) is 7.00. The fourth-order valence-electron chi connectivity index (χ4n) is 1.47. The summed E-state index contributed by atoms with van der Waals surface area (Å²) in [6, 6.07) is 0. The second kappa shape index (κ2) is 6.84. The van der Waals surface area contributed by atoms with Gasteiger partial charge in [0.15, 0.2) is 0 Å². The van der Waals surface area contributed by atoms with Crippen LogP contribution in [0, 0.1) is 0 Å². The van der Waals surface area contributed by atoms with E-state index < -0.39 is 7.14 Å². The molecule has 0 radical (unpaired) electrons. The maximum absolute atomic E-state index is 12.2. The number of ether oxygens (including phenoxy) is 1. The van der Waals surface area contributed by atoms with E-state index in [0.717, 1.165) is 0 Å². The highest BCUT2D eigenvalue weighted by Gasteiger charge is 2.27. The van der Waals surface area contributed by atoms with Crippen molar-refractivity contribution < 1.29 is 14.1 Å². The lowest BCUT2D eigenvalue weighted by Crippen LogP contribution is -2.15. The highest BCUT2D eigenvalue weighted by molar-refractivity contribution is 7.64. The molecule has 88 valence electrons. The van der Waals surface area contributed by atoms with Crippen molar-refractivity contribution in [2.45, 2.75) is 32.9 Å². The molecule has 3 nitrogen and oxygen atoms in total. The molecule has 0 aromatic heterocycles. The van der Waals surface area contributed by atoms with Crippen molar-refractivity contribution in [3.8, 4) is 0 Å². The van der Waals surface area contributed by atoms with Crippen LogP contribution < -0.4 is 0 Å². The Bertz CT molecular complexity index is 253. The molecule has 0 aliphatic carbocycles.